The Morgan fingerprint density at radius 1 is 1.44 bits per heavy atom. The van der Waals surface area contributed by atoms with E-state index in [0.717, 1.165) is 18.2 Å². The van der Waals surface area contributed by atoms with Gasteiger partial charge in [0.05, 0.1) is 0 Å². The van der Waals surface area contributed by atoms with Crippen LogP contribution in [0.3, 0.4) is 0 Å². The minimum absolute atomic E-state index is 0.146. The van der Waals surface area contributed by atoms with Crippen molar-refractivity contribution in [2.75, 3.05) is 19.3 Å². The van der Waals surface area contributed by atoms with Crippen LogP contribution in [-0.4, -0.2) is 36.5 Å². The van der Waals surface area contributed by atoms with Gasteiger partial charge in [-0.1, -0.05) is 6.92 Å². The van der Waals surface area contributed by atoms with Crippen LogP contribution in [0.2, 0.25) is 0 Å². The van der Waals surface area contributed by atoms with Crippen molar-refractivity contribution in [1.82, 2.24) is 10.6 Å². The molecule has 1 amide bonds. The third-order valence-corrected chi connectivity index (χ3v) is 4.31. The van der Waals surface area contributed by atoms with Gasteiger partial charge >= 0.3 is 0 Å². The summed E-state index contributed by atoms with van der Waals surface area (Å²) in [5.41, 5.74) is 0. The van der Waals surface area contributed by atoms with Crippen LogP contribution >= 0.6 is 11.8 Å². The van der Waals surface area contributed by atoms with Crippen LogP contribution in [0, 0.1) is 0 Å². The SMILES string of the molecule is CCSC1CCC(NCCCC(=O)NC)C1. The normalized spacial score (nSPS) is 24.6. The smallest absolute Gasteiger partial charge is 0.219 e. The van der Waals surface area contributed by atoms with Crippen LogP contribution in [0.1, 0.15) is 39.0 Å². The molecule has 1 rings (SSSR count). The Morgan fingerprint density at radius 2 is 2.25 bits per heavy atom. The Kier molecular flexibility index (Phi) is 6.88. The zero-order valence-corrected chi connectivity index (χ0v) is 11.2. The third kappa shape index (κ3) is 5.21. The van der Waals surface area contributed by atoms with Gasteiger partial charge in [0, 0.05) is 24.8 Å². The lowest BCUT2D eigenvalue weighted by Gasteiger charge is -2.12. The zero-order valence-electron chi connectivity index (χ0n) is 10.4. The maximum Gasteiger partial charge on any atom is 0.219 e. The van der Waals surface area contributed by atoms with Gasteiger partial charge in [0.15, 0.2) is 0 Å². The summed E-state index contributed by atoms with van der Waals surface area (Å²) in [6.45, 7) is 3.20. The molecule has 2 N–H and O–H groups in total. The largest absolute Gasteiger partial charge is 0.359 e. The van der Waals surface area contributed by atoms with Gasteiger partial charge < -0.3 is 10.6 Å². The van der Waals surface area contributed by atoms with E-state index in [1.54, 1.807) is 7.05 Å². The second-order valence-corrected chi connectivity index (χ2v) is 5.90. The van der Waals surface area contributed by atoms with E-state index in [2.05, 4.69) is 29.3 Å². The first-order chi connectivity index (χ1) is 7.76. The number of thioether (sulfide) groups is 1. The molecule has 0 aliphatic heterocycles. The molecule has 0 heterocycles. The quantitative estimate of drug-likeness (QED) is 0.671. The molecule has 2 atom stereocenters. The molecule has 0 saturated heterocycles. The first kappa shape index (κ1) is 13.8. The topological polar surface area (TPSA) is 41.1 Å². The lowest BCUT2D eigenvalue weighted by Crippen LogP contribution is -2.28. The van der Waals surface area contributed by atoms with Gasteiger partial charge in [-0.05, 0) is 38.0 Å². The second-order valence-electron chi connectivity index (χ2n) is 4.32. The van der Waals surface area contributed by atoms with Gasteiger partial charge in [0.2, 0.25) is 5.91 Å². The van der Waals surface area contributed by atoms with Crippen molar-refractivity contribution in [3.63, 3.8) is 0 Å². The van der Waals surface area contributed by atoms with Crippen molar-refractivity contribution in [3.05, 3.63) is 0 Å². The van der Waals surface area contributed by atoms with Crippen LogP contribution in [0.25, 0.3) is 0 Å². The summed E-state index contributed by atoms with van der Waals surface area (Å²) in [4.78, 5) is 11.0. The molecule has 3 nitrogen and oxygen atoms in total. The maximum absolute atomic E-state index is 11.0. The van der Waals surface area contributed by atoms with Gasteiger partial charge in [-0.15, -0.1) is 0 Å². The molecule has 94 valence electrons. The van der Waals surface area contributed by atoms with E-state index in [0.29, 0.717) is 12.5 Å². The van der Waals surface area contributed by atoms with Gasteiger partial charge in [-0.2, -0.15) is 11.8 Å². The Labute approximate surface area is 103 Å². The Balaban J connectivity index is 2.00. The number of hydrogen-bond acceptors (Lipinski definition) is 3. The molecule has 0 aromatic heterocycles. The van der Waals surface area contributed by atoms with Gasteiger partial charge in [-0.3, -0.25) is 4.79 Å². The molecule has 0 spiro atoms. The van der Waals surface area contributed by atoms with Gasteiger partial charge in [0.25, 0.3) is 0 Å². The summed E-state index contributed by atoms with van der Waals surface area (Å²) in [6.07, 6.45) is 5.55. The number of nitrogens with one attached hydrogen (secondary N) is 2. The van der Waals surface area contributed by atoms with E-state index in [9.17, 15) is 4.79 Å². The molecule has 1 fully saturated rings. The van der Waals surface area contributed by atoms with E-state index in [1.165, 1.54) is 25.0 Å². The Morgan fingerprint density at radius 3 is 2.94 bits per heavy atom. The molecule has 1 saturated carbocycles. The molecule has 0 aromatic rings. The van der Waals surface area contributed by atoms with E-state index in [4.69, 9.17) is 0 Å². The van der Waals surface area contributed by atoms with Gasteiger partial charge in [0.1, 0.15) is 0 Å². The summed E-state index contributed by atoms with van der Waals surface area (Å²) in [7, 11) is 1.69. The summed E-state index contributed by atoms with van der Waals surface area (Å²) in [5, 5.41) is 7.07. The van der Waals surface area contributed by atoms with E-state index >= 15 is 0 Å². The van der Waals surface area contributed by atoms with Crippen molar-refractivity contribution < 1.29 is 4.79 Å². The molecule has 0 aromatic carbocycles. The Bertz CT molecular complexity index is 211. The number of carbonyl (C=O) groups is 1. The number of carbonyl (C=O) groups excluding carboxylic acids is 1. The fourth-order valence-corrected chi connectivity index (χ4v) is 3.34. The first-order valence-corrected chi connectivity index (χ1v) is 7.36. The molecular formula is C12H24N2OS. The van der Waals surface area contributed by atoms with E-state index in [-0.39, 0.29) is 5.91 Å². The zero-order chi connectivity index (χ0) is 11.8. The van der Waals surface area contributed by atoms with Crippen LogP contribution in [-0.2, 0) is 4.79 Å². The van der Waals surface area contributed by atoms with Crippen LogP contribution < -0.4 is 10.6 Å². The highest BCUT2D eigenvalue weighted by molar-refractivity contribution is 7.99. The van der Waals surface area contributed by atoms with Crippen molar-refractivity contribution in [2.45, 2.75) is 50.3 Å². The summed E-state index contributed by atoms with van der Waals surface area (Å²) in [6, 6.07) is 0.689. The minimum atomic E-state index is 0.146. The lowest BCUT2D eigenvalue weighted by molar-refractivity contribution is -0.120. The molecule has 4 heteroatoms. The number of amides is 1. The van der Waals surface area contributed by atoms with Crippen molar-refractivity contribution >= 4 is 17.7 Å². The molecule has 0 radical (unpaired) electrons. The van der Waals surface area contributed by atoms with Crippen LogP contribution in [0.15, 0.2) is 0 Å². The second kappa shape index (κ2) is 7.96. The minimum Gasteiger partial charge on any atom is -0.359 e. The van der Waals surface area contributed by atoms with E-state index < -0.39 is 0 Å². The van der Waals surface area contributed by atoms with Gasteiger partial charge in [-0.25, -0.2) is 0 Å². The standard InChI is InChI=1S/C12H24N2OS/c1-3-16-11-7-6-10(9-11)14-8-4-5-12(15)13-2/h10-11,14H,3-9H2,1-2H3,(H,13,15). The van der Waals surface area contributed by atoms with Crippen LogP contribution in [0.4, 0.5) is 0 Å². The molecular weight excluding hydrogens is 220 g/mol. The summed E-state index contributed by atoms with van der Waals surface area (Å²) >= 11 is 2.09. The molecule has 0 bridgehead atoms. The first-order valence-electron chi connectivity index (χ1n) is 6.31. The fraction of sp³-hybridized carbons (Fsp3) is 0.917. The molecule has 1 aliphatic rings. The average molecular weight is 244 g/mol. The molecule has 16 heavy (non-hydrogen) atoms. The number of hydrogen-bond donors (Lipinski definition) is 2. The average Bonchev–Trinajstić information content (AvgIpc) is 2.72. The number of rotatable bonds is 7. The summed E-state index contributed by atoms with van der Waals surface area (Å²) < 4.78 is 0. The third-order valence-electron chi connectivity index (χ3n) is 3.08. The van der Waals surface area contributed by atoms with Crippen LogP contribution in [0.5, 0.6) is 0 Å². The van der Waals surface area contributed by atoms with Crippen molar-refractivity contribution in [1.29, 1.82) is 0 Å². The highest BCUT2D eigenvalue weighted by atomic mass is 32.2. The Hall–Kier alpha value is -0.220. The monoisotopic (exact) mass is 244 g/mol. The fourth-order valence-electron chi connectivity index (χ4n) is 2.19. The highest BCUT2D eigenvalue weighted by Crippen LogP contribution is 2.29. The predicted octanol–water partition coefficient (Wildman–Crippen LogP) is 1.78. The molecule has 1 aliphatic carbocycles. The van der Waals surface area contributed by atoms with Crippen molar-refractivity contribution in [2.24, 2.45) is 0 Å². The van der Waals surface area contributed by atoms with Crippen molar-refractivity contribution in [3.8, 4) is 0 Å². The van der Waals surface area contributed by atoms with E-state index in [1.807, 2.05) is 0 Å². The lowest BCUT2D eigenvalue weighted by atomic mass is 10.2. The maximum atomic E-state index is 11.0. The highest BCUT2D eigenvalue weighted by Gasteiger charge is 2.23. The molecule has 2 unspecified atom stereocenters. The predicted molar refractivity (Wildman–Crippen MR) is 70.9 cm³/mol. The summed E-state index contributed by atoms with van der Waals surface area (Å²) in [5.74, 6) is 1.38.